The van der Waals surface area contributed by atoms with Crippen molar-refractivity contribution in [1.82, 2.24) is 9.97 Å². The number of rotatable bonds is 10. The molecule has 1 amide bonds. The second-order valence-corrected chi connectivity index (χ2v) is 9.20. The highest BCUT2D eigenvalue weighted by molar-refractivity contribution is 5.95. The third kappa shape index (κ3) is 6.22. The van der Waals surface area contributed by atoms with Gasteiger partial charge in [0.15, 0.2) is 5.82 Å². The third-order valence-electron chi connectivity index (χ3n) is 6.71. The average molecular weight is 454 g/mol. The molecule has 178 valence electrons. The Labute approximate surface area is 196 Å². The maximum Gasteiger partial charge on any atom is 0.233 e. The molecule has 1 N–H and O–H groups in total. The molecule has 2 aliphatic rings. The first-order chi connectivity index (χ1) is 16.1. The Morgan fingerprint density at radius 1 is 1.18 bits per heavy atom. The van der Waals surface area contributed by atoms with E-state index in [2.05, 4.69) is 47.3 Å². The molecule has 1 saturated heterocycles. The molecule has 2 atom stereocenters. The molecular formula is C26H35N3O4. The number of methoxy groups -OCH3 is 1. The SMILES string of the molecule is CCC(C)c1cc([C@@H](CC2CCOCC2)C(=O)Nc2cnc(OC)cn2)ccc1OC1CC1. The van der Waals surface area contributed by atoms with E-state index < -0.39 is 0 Å². The highest BCUT2D eigenvalue weighted by atomic mass is 16.5. The number of benzene rings is 1. The van der Waals surface area contributed by atoms with Crippen LogP contribution in [0.4, 0.5) is 5.82 Å². The first-order valence-corrected chi connectivity index (χ1v) is 12.1. The van der Waals surface area contributed by atoms with Crippen LogP contribution < -0.4 is 14.8 Å². The fraction of sp³-hybridized carbons (Fsp3) is 0.577. The van der Waals surface area contributed by atoms with Crippen LogP contribution in [-0.2, 0) is 9.53 Å². The van der Waals surface area contributed by atoms with Gasteiger partial charge in [0.05, 0.1) is 31.5 Å². The number of ether oxygens (including phenoxy) is 3. The zero-order chi connectivity index (χ0) is 23.2. The third-order valence-corrected chi connectivity index (χ3v) is 6.71. The fourth-order valence-corrected chi connectivity index (χ4v) is 4.27. The summed E-state index contributed by atoms with van der Waals surface area (Å²) in [6, 6.07) is 6.31. The summed E-state index contributed by atoms with van der Waals surface area (Å²) >= 11 is 0. The fourth-order valence-electron chi connectivity index (χ4n) is 4.27. The van der Waals surface area contributed by atoms with E-state index in [9.17, 15) is 4.79 Å². The lowest BCUT2D eigenvalue weighted by molar-refractivity contribution is -0.118. The lowest BCUT2D eigenvalue weighted by atomic mass is 9.83. The summed E-state index contributed by atoms with van der Waals surface area (Å²) in [5, 5.41) is 2.97. The Morgan fingerprint density at radius 2 is 1.97 bits per heavy atom. The van der Waals surface area contributed by atoms with Crippen LogP contribution in [0.1, 0.15) is 75.3 Å². The highest BCUT2D eigenvalue weighted by Gasteiger charge is 2.29. The molecule has 0 bridgehead atoms. The van der Waals surface area contributed by atoms with Gasteiger partial charge in [0.25, 0.3) is 0 Å². The minimum atomic E-state index is -0.283. The van der Waals surface area contributed by atoms with E-state index in [1.807, 2.05) is 0 Å². The van der Waals surface area contributed by atoms with Crippen molar-refractivity contribution in [2.45, 2.75) is 70.3 Å². The van der Waals surface area contributed by atoms with Gasteiger partial charge in [-0.25, -0.2) is 9.97 Å². The summed E-state index contributed by atoms with van der Waals surface area (Å²) < 4.78 is 16.8. The quantitative estimate of drug-likeness (QED) is 0.540. The number of hydrogen-bond donors (Lipinski definition) is 1. The second kappa shape index (κ2) is 11.0. The predicted molar refractivity (Wildman–Crippen MR) is 127 cm³/mol. The molecule has 4 rings (SSSR count). The van der Waals surface area contributed by atoms with Gasteiger partial charge in [0, 0.05) is 13.2 Å². The number of nitrogens with zero attached hydrogens (tertiary/aromatic N) is 2. The van der Waals surface area contributed by atoms with Crippen LogP contribution in [0.5, 0.6) is 11.6 Å². The minimum Gasteiger partial charge on any atom is -0.490 e. The molecule has 1 unspecified atom stereocenters. The number of nitrogens with one attached hydrogen (secondary N) is 1. The summed E-state index contributed by atoms with van der Waals surface area (Å²) in [5.74, 6) is 2.26. The van der Waals surface area contributed by atoms with Gasteiger partial charge in [0.1, 0.15) is 5.75 Å². The monoisotopic (exact) mass is 453 g/mol. The number of carbonyl (C=O) groups excluding carboxylic acids is 1. The molecule has 7 heteroatoms. The number of amides is 1. The Balaban J connectivity index is 1.60. The van der Waals surface area contributed by atoms with Crippen molar-refractivity contribution in [2.75, 3.05) is 25.6 Å². The molecule has 2 aromatic rings. The molecule has 1 aromatic carbocycles. The normalized spacial score (nSPS) is 18.4. The van der Waals surface area contributed by atoms with E-state index >= 15 is 0 Å². The van der Waals surface area contributed by atoms with Crippen molar-refractivity contribution >= 4 is 11.7 Å². The number of anilines is 1. The van der Waals surface area contributed by atoms with Crippen molar-refractivity contribution in [2.24, 2.45) is 5.92 Å². The largest absolute Gasteiger partial charge is 0.490 e. The first-order valence-electron chi connectivity index (χ1n) is 12.1. The molecule has 0 radical (unpaired) electrons. The van der Waals surface area contributed by atoms with E-state index in [0.717, 1.165) is 63.1 Å². The number of hydrogen-bond acceptors (Lipinski definition) is 6. The predicted octanol–water partition coefficient (Wildman–Crippen LogP) is 5.08. The van der Waals surface area contributed by atoms with Gasteiger partial charge in [-0.1, -0.05) is 26.0 Å². The zero-order valence-corrected chi connectivity index (χ0v) is 19.9. The standard InChI is InChI=1S/C26H35N3O4/c1-4-17(2)21-14-19(5-8-23(21)33-20-6-7-20)22(13-18-9-11-32-12-10-18)26(30)29-24-15-28-25(31-3)16-27-24/h5,8,14-18,20,22H,4,6-7,9-13H2,1-3H3,(H,27,29,30)/t17?,22-/m1/s1. The topological polar surface area (TPSA) is 82.6 Å². The maximum absolute atomic E-state index is 13.5. The van der Waals surface area contributed by atoms with Crippen molar-refractivity contribution in [1.29, 1.82) is 0 Å². The average Bonchev–Trinajstić information content (AvgIpc) is 3.67. The summed E-state index contributed by atoms with van der Waals surface area (Å²) in [4.78, 5) is 21.9. The second-order valence-electron chi connectivity index (χ2n) is 9.20. The summed E-state index contributed by atoms with van der Waals surface area (Å²) in [6.45, 7) is 5.93. The van der Waals surface area contributed by atoms with E-state index in [1.165, 1.54) is 25.1 Å². The van der Waals surface area contributed by atoms with Gasteiger partial charge in [-0.15, -0.1) is 0 Å². The molecule has 1 aromatic heterocycles. The summed E-state index contributed by atoms with van der Waals surface area (Å²) in [7, 11) is 1.54. The van der Waals surface area contributed by atoms with Crippen LogP contribution in [0, 0.1) is 5.92 Å². The summed E-state index contributed by atoms with van der Waals surface area (Å²) in [5.41, 5.74) is 2.22. The molecule has 1 aliphatic heterocycles. The molecule has 1 saturated carbocycles. The zero-order valence-electron chi connectivity index (χ0n) is 19.9. The van der Waals surface area contributed by atoms with E-state index in [-0.39, 0.29) is 11.8 Å². The van der Waals surface area contributed by atoms with Gasteiger partial charge in [-0.05, 0) is 67.6 Å². The van der Waals surface area contributed by atoms with Crippen LogP contribution >= 0.6 is 0 Å². The van der Waals surface area contributed by atoms with Gasteiger partial charge < -0.3 is 19.5 Å². The van der Waals surface area contributed by atoms with Crippen LogP contribution in [0.25, 0.3) is 0 Å². The van der Waals surface area contributed by atoms with Crippen molar-refractivity contribution in [3.05, 3.63) is 41.7 Å². The lowest BCUT2D eigenvalue weighted by Gasteiger charge is -2.27. The Morgan fingerprint density at radius 3 is 2.61 bits per heavy atom. The van der Waals surface area contributed by atoms with Crippen LogP contribution in [0.15, 0.2) is 30.6 Å². The van der Waals surface area contributed by atoms with Crippen molar-refractivity contribution in [3.63, 3.8) is 0 Å². The molecule has 2 fully saturated rings. The maximum atomic E-state index is 13.5. The van der Waals surface area contributed by atoms with Crippen LogP contribution in [-0.4, -0.2) is 42.3 Å². The molecule has 33 heavy (non-hydrogen) atoms. The minimum absolute atomic E-state index is 0.0630. The van der Waals surface area contributed by atoms with E-state index in [1.54, 1.807) is 0 Å². The number of aromatic nitrogens is 2. The van der Waals surface area contributed by atoms with Crippen LogP contribution in [0.2, 0.25) is 0 Å². The Kier molecular flexibility index (Phi) is 7.81. The van der Waals surface area contributed by atoms with E-state index in [4.69, 9.17) is 14.2 Å². The smallest absolute Gasteiger partial charge is 0.233 e. The van der Waals surface area contributed by atoms with Gasteiger partial charge >= 0.3 is 0 Å². The lowest BCUT2D eigenvalue weighted by Crippen LogP contribution is -2.26. The summed E-state index contributed by atoms with van der Waals surface area (Å²) in [6.07, 6.45) is 9.38. The van der Waals surface area contributed by atoms with E-state index in [0.29, 0.717) is 29.6 Å². The van der Waals surface area contributed by atoms with Gasteiger partial charge in [-0.3, -0.25) is 4.79 Å². The van der Waals surface area contributed by atoms with Crippen molar-refractivity contribution in [3.8, 4) is 11.6 Å². The van der Waals surface area contributed by atoms with Gasteiger partial charge in [0.2, 0.25) is 11.8 Å². The van der Waals surface area contributed by atoms with Crippen LogP contribution in [0.3, 0.4) is 0 Å². The Hall–Kier alpha value is -2.67. The molecular weight excluding hydrogens is 418 g/mol. The highest BCUT2D eigenvalue weighted by Crippen LogP contribution is 2.38. The number of carbonyl (C=O) groups is 1. The van der Waals surface area contributed by atoms with Gasteiger partial charge in [-0.2, -0.15) is 0 Å². The molecule has 0 spiro atoms. The molecule has 7 nitrogen and oxygen atoms in total. The molecule has 2 heterocycles. The molecule has 1 aliphatic carbocycles. The van der Waals surface area contributed by atoms with Crippen molar-refractivity contribution < 1.29 is 19.0 Å². The first kappa shape index (κ1) is 23.5. The Bertz CT molecular complexity index is 924.